The SMILES string of the molecule is COC[C@@H]1[C@H](NS(=O)(=O)c2cccc(Cl)c2C)[C@H]2CCO[C@H]21. The first kappa shape index (κ1) is 16.2. The number of benzene rings is 1. The summed E-state index contributed by atoms with van der Waals surface area (Å²) in [5.41, 5.74) is 0.568. The van der Waals surface area contributed by atoms with Gasteiger partial charge in [0.05, 0.1) is 17.6 Å². The molecule has 1 aromatic carbocycles. The lowest BCUT2D eigenvalue weighted by Crippen LogP contribution is -2.62. The molecule has 0 aromatic heterocycles. The molecule has 7 heteroatoms. The van der Waals surface area contributed by atoms with E-state index in [0.717, 1.165) is 6.42 Å². The Morgan fingerprint density at radius 3 is 2.95 bits per heavy atom. The smallest absolute Gasteiger partial charge is 0.241 e. The fraction of sp³-hybridized carbons (Fsp3) is 0.600. The van der Waals surface area contributed by atoms with E-state index in [1.807, 2.05) is 0 Å². The second kappa shape index (κ2) is 6.09. The Kier molecular flexibility index (Phi) is 4.49. The summed E-state index contributed by atoms with van der Waals surface area (Å²) in [4.78, 5) is 0.235. The van der Waals surface area contributed by atoms with Gasteiger partial charge in [-0.15, -0.1) is 0 Å². The summed E-state index contributed by atoms with van der Waals surface area (Å²) in [5.74, 6) is 0.293. The van der Waals surface area contributed by atoms with Crippen LogP contribution in [0, 0.1) is 18.8 Å². The maximum Gasteiger partial charge on any atom is 0.241 e. The highest BCUT2D eigenvalue weighted by Gasteiger charge is 2.55. The van der Waals surface area contributed by atoms with Crippen molar-refractivity contribution in [3.8, 4) is 0 Å². The normalized spacial score (nSPS) is 30.9. The lowest BCUT2D eigenvalue weighted by atomic mass is 9.68. The van der Waals surface area contributed by atoms with Crippen molar-refractivity contribution in [2.75, 3.05) is 20.3 Å². The predicted molar refractivity (Wildman–Crippen MR) is 83.5 cm³/mol. The Balaban J connectivity index is 1.83. The van der Waals surface area contributed by atoms with Crippen LogP contribution in [0.15, 0.2) is 23.1 Å². The second-order valence-electron chi connectivity index (χ2n) is 5.92. The average Bonchev–Trinajstić information content (AvgIpc) is 2.90. The maximum atomic E-state index is 12.7. The largest absolute Gasteiger partial charge is 0.384 e. The minimum atomic E-state index is -3.61. The molecule has 1 aromatic rings. The number of rotatable bonds is 5. The molecule has 0 amide bonds. The zero-order valence-corrected chi connectivity index (χ0v) is 14.2. The van der Waals surface area contributed by atoms with Crippen molar-refractivity contribution in [3.05, 3.63) is 28.8 Å². The van der Waals surface area contributed by atoms with Crippen LogP contribution >= 0.6 is 11.6 Å². The first-order valence-corrected chi connectivity index (χ1v) is 9.20. The molecule has 0 spiro atoms. The standard InChI is InChI=1S/C15H20ClNO4S/c1-9-12(16)4-3-5-13(9)22(18,19)17-14-10-6-7-21-15(10)11(14)8-20-2/h3-5,10-11,14-15,17H,6-8H2,1-2H3/t10-,11-,14-,15-/m1/s1. The third-order valence-corrected chi connectivity index (χ3v) is 6.70. The average molecular weight is 346 g/mol. The Morgan fingerprint density at radius 1 is 1.45 bits per heavy atom. The van der Waals surface area contributed by atoms with Gasteiger partial charge < -0.3 is 9.47 Å². The summed E-state index contributed by atoms with van der Waals surface area (Å²) < 4.78 is 39.1. The van der Waals surface area contributed by atoms with Crippen molar-refractivity contribution in [1.82, 2.24) is 4.72 Å². The first-order valence-electron chi connectivity index (χ1n) is 7.33. The van der Waals surface area contributed by atoms with Crippen LogP contribution < -0.4 is 4.72 Å². The van der Waals surface area contributed by atoms with E-state index in [1.165, 1.54) is 0 Å². The van der Waals surface area contributed by atoms with Gasteiger partial charge in [-0.3, -0.25) is 0 Å². The topological polar surface area (TPSA) is 64.6 Å². The van der Waals surface area contributed by atoms with Crippen molar-refractivity contribution in [3.63, 3.8) is 0 Å². The molecule has 2 aliphatic rings. The van der Waals surface area contributed by atoms with E-state index in [0.29, 0.717) is 23.8 Å². The van der Waals surface area contributed by atoms with Gasteiger partial charge in [-0.1, -0.05) is 17.7 Å². The molecular weight excluding hydrogens is 326 g/mol. The number of sulfonamides is 1. The van der Waals surface area contributed by atoms with E-state index in [2.05, 4.69) is 4.72 Å². The highest BCUT2D eigenvalue weighted by Crippen LogP contribution is 2.44. The number of nitrogens with one attached hydrogen (secondary N) is 1. The summed E-state index contributed by atoms with van der Waals surface area (Å²) >= 11 is 6.04. The predicted octanol–water partition coefficient (Wildman–Crippen LogP) is 1.98. The van der Waals surface area contributed by atoms with Gasteiger partial charge in [0.15, 0.2) is 0 Å². The molecular formula is C15H20ClNO4S. The van der Waals surface area contributed by atoms with Crippen molar-refractivity contribution in [2.45, 2.75) is 30.4 Å². The van der Waals surface area contributed by atoms with Crippen LogP contribution in [0.2, 0.25) is 5.02 Å². The Hall–Kier alpha value is -0.660. The van der Waals surface area contributed by atoms with Crippen molar-refractivity contribution in [2.24, 2.45) is 11.8 Å². The molecule has 1 saturated carbocycles. The summed E-state index contributed by atoms with van der Waals surface area (Å²) in [7, 11) is -1.99. The summed E-state index contributed by atoms with van der Waals surface area (Å²) in [6, 6.07) is 4.78. The second-order valence-corrected chi connectivity index (χ2v) is 8.01. The van der Waals surface area contributed by atoms with Gasteiger partial charge in [-0.25, -0.2) is 13.1 Å². The maximum absolute atomic E-state index is 12.7. The van der Waals surface area contributed by atoms with Crippen LogP contribution in [0.5, 0.6) is 0 Å². The van der Waals surface area contributed by atoms with Crippen LogP contribution in [0.4, 0.5) is 0 Å². The molecule has 1 aliphatic heterocycles. The molecule has 3 rings (SSSR count). The van der Waals surface area contributed by atoms with Gasteiger partial charge >= 0.3 is 0 Å². The lowest BCUT2D eigenvalue weighted by molar-refractivity contribution is -0.0775. The van der Waals surface area contributed by atoms with Crippen LogP contribution in [0.3, 0.4) is 0 Å². The number of ether oxygens (including phenoxy) is 2. The minimum absolute atomic E-state index is 0.0618. The monoisotopic (exact) mass is 345 g/mol. The molecule has 2 fully saturated rings. The van der Waals surface area contributed by atoms with E-state index < -0.39 is 10.0 Å². The number of fused-ring (bicyclic) bond motifs is 1. The Labute approximate surface area is 136 Å². The fourth-order valence-corrected chi connectivity index (χ4v) is 5.35. The van der Waals surface area contributed by atoms with Gasteiger partial charge in [-0.05, 0) is 31.0 Å². The number of halogens is 1. The molecule has 1 N–H and O–H groups in total. The quantitative estimate of drug-likeness (QED) is 0.886. The van der Waals surface area contributed by atoms with E-state index in [1.54, 1.807) is 32.2 Å². The Morgan fingerprint density at radius 2 is 2.23 bits per heavy atom. The van der Waals surface area contributed by atoms with Gasteiger partial charge in [0.25, 0.3) is 0 Å². The van der Waals surface area contributed by atoms with Crippen LogP contribution in [0.1, 0.15) is 12.0 Å². The summed E-state index contributed by atoms with van der Waals surface area (Å²) in [6.45, 7) is 2.89. The summed E-state index contributed by atoms with van der Waals surface area (Å²) in [5, 5.41) is 0.451. The van der Waals surface area contributed by atoms with Crippen LogP contribution in [-0.4, -0.2) is 40.9 Å². The molecule has 0 unspecified atom stereocenters. The van der Waals surface area contributed by atoms with Gasteiger partial charge in [-0.2, -0.15) is 0 Å². The molecule has 1 heterocycles. The van der Waals surface area contributed by atoms with E-state index >= 15 is 0 Å². The minimum Gasteiger partial charge on any atom is -0.384 e. The highest BCUT2D eigenvalue weighted by atomic mass is 35.5. The van der Waals surface area contributed by atoms with Crippen LogP contribution in [-0.2, 0) is 19.5 Å². The molecule has 5 nitrogen and oxygen atoms in total. The van der Waals surface area contributed by atoms with E-state index in [-0.39, 0.29) is 28.9 Å². The molecule has 0 bridgehead atoms. The third-order valence-electron chi connectivity index (χ3n) is 4.69. The van der Waals surface area contributed by atoms with Crippen molar-refractivity contribution < 1.29 is 17.9 Å². The molecule has 1 saturated heterocycles. The van der Waals surface area contributed by atoms with Crippen molar-refractivity contribution >= 4 is 21.6 Å². The highest BCUT2D eigenvalue weighted by molar-refractivity contribution is 7.89. The Bertz CT molecular complexity index is 664. The zero-order valence-electron chi connectivity index (χ0n) is 12.6. The third kappa shape index (κ3) is 2.67. The first-order chi connectivity index (χ1) is 10.5. The lowest BCUT2D eigenvalue weighted by Gasteiger charge is -2.47. The molecule has 1 aliphatic carbocycles. The van der Waals surface area contributed by atoms with Crippen LogP contribution in [0.25, 0.3) is 0 Å². The fourth-order valence-electron chi connectivity index (χ4n) is 3.52. The molecule has 0 radical (unpaired) electrons. The number of hydrogen-bond donors (Lipinski definition) is 1. The van der Waals surface area contributed by atoms with Gasteiger partial charge in [0, 0.05) is 36.6 Å². The zero-order chi connectivity index (χ0) is 15.9. The van der Waals surface area contributed by atoms with E-state index in [9.17, 15) is 8.42 Å². The number of methoxy groups -OCH3 is 1. The summed E-state index contributed by atoms with van der Waals surface area (Å²) in [6.07, 6.45) is 0.986. The van der Waals surface area contributed by atoms with Crippen molar-refractivity contribution in [1.29, 1.82) is 0 Å². The van der Waals surface area contributed by atoms with E-state index in [4.69, 9.17) is 21.1 Å². The van der Waals surface area contributed by atoms with Gasteiger partial charge in [0.2, 0.25) is 10.0 Å². The molecule has 4 atom stereocenters. The molecule has 22 heavy (non-hydrogen) atoms. The molecule has 122 valence electrons. The number of hydrogen-bond acceptors (Lipinski definition) is 4. The van der Waals surface area contributed by atoms with Gasteiger partial charge in [0.1, 0.15) is 0 Å².